The lowest BCUT2D eigenvalue weighted by atomic mass is 9.50. The zero-order chi connectivity index (χ0) is 27.4. The van der Waals surface area contributed by atoms with Gasteiger partial charge < -0.3 is 20.1 Å². The second kappa shape index (κ2) is 8.17. The molecule has 1 aromatic heterocycles. The number of carbonyl (C=O) groups is 3. The average Bonchev–Trinajstić information content (AvgIpc) is 3.21. The Hall–Kier alpha value is -3.19. The minimum Gasteiger partial charge on any atom is -0.663 e. The van der Waals surface area contributed by atoms with Crippen molar-refractivity contribution in [1.82, 2.24) is 10.3 Å². The van der Waals surface area contributed by atoms with Crippen LogP contribution in [0.3, 0.4) is 0 Å². The Bertz CT molecular complexity index is 1490. The maximum Gasteiger partial charge on any atom is 0.235 e. The van der Waals surface area contributed by atoms with E-state index in [-0.39, 0.29) is 65.5 Å². The van der Waals surface area contributed by atoms with Crippen molar-refractivity contribution in [3.05, 3.63) is 59.5 Å². The number of fused-ring (bicyclic) bond motifs is 4. The van der Waals surface area contributed by atoms with Crippen molar-refractivity contribution in [2.24, 2.45) is 40.9 Å². The van der Waals surface area contributed by atoms with E-state index in [1.807, 2.05) is 30.5 Å². The van der Waals surface area contributed by atoms with Crippen LogP contribution < -0.4 is 10.3 Å². The molecule has 10 unspecified atom stereocenters. The molecule has 2 aromatic rings. The van der Waals surface area contributed by atoms with Gasteiger partial charge in [-0.15, -0.1) is 5.52 Å². The number of hydrogen-bond acceptors (Lipinski definition) is 5. The van der Waals surface area contributed by atoms with Crippen LogP contribution in [0.5, 0.6) is 0 Å². The second-order valence-electron chi connectivity index (χ2n) is 12.8. The quantitative estimate of drug-likeness (QED) is 0.346. The zero-order valence-corrected chi connectivity index (χ0v) is 22.8. The number of amides is 1. The summed E-state index contributed by atoms with van der Waals surface area (Å²) in [6.45, 7) is 8.07. The van der Waals surface area contributed by atoms with Gasteiger partial charge in [0.05, 0.1) is 11.7 Å². The number of allylic oxidation sites excluding steroid dienone is 3. The number of nitrogens with zero attached hydrogens (tertiary/aromatic N) is 1. The van der Waals surface area contributed by atoms with E-state index in [9.17, 15) is 19.5 Å². The molecule has 3 heterocycles. The summed E-state index contributed by atoms with van der Waals surface area (Å²) in [6.07, 6.45) is 6.99. The molecule has 3 fully saturated rings. The second-order valence-corrected chi connectivity index (χ2v) is 12.8. The van der Waals surface area contributed by atoms with Gasteiger partial charge in [0.2, 0.25) is 11.7 Å². The number of nitrogens with one attached hydrogen (secondary N) is 1. The van der Waals surface area contributed by atoms with Gasteiger partial charge in [0.25, 0.3) is 0 Å². The Balaban J connectivity index is 1.34. The number of aromatic nitrogens is 1. The first-order valence-corrected chi connectivity index (χ1v) is 14.2. The Morgan fingerprint density at radius 3 is 2.74 bits per heavy atom. The number of ether oxygens (including phenoxy) is 1. The number of aliphatic hydroxyl groups excluding tert-OH is 1. The Kier molecular flexibility index (Phi) is 5.20. The van der Waals surface area contributed by atoms with Crippen LogP contribution in [0, 0.1) is 40.9 Å². The lowest BCUT2D eigenvalue weighted by Gasteiger charge is -2.46. The third-order valence-corrected chi connectivity index (χ3v) is 11.1. The molecule has 204 valence electrons. The highest BCUT2D eigenvalue weighted by Gasteiger charge is 2.78. The molecular weight excluding hydrogens is 492 g/mol. The van der Waals surface area contributed by atoms with Crippen LogP contribution in [0.2, 0.25) is 0 Å². The molecule has 0 radical (unpaired) electrons. The van der Waals surface area contributed by atoms with Crippen molar-refractivity contribution in [2.45, 2.75) is 64.7 Å². The van der Waals surface area contributed by atoms with Gasteiger partial charge in [-0.2, -0.15) is 6.20 Å². The molecule has 2 aliphatic heterocycles. The van der Waals surface area contributed by atoms with E-state index in [1.165, 1.54) is 0 Å². The molecule has 1 amide bonds. The van der Waals surface area contributed by atoms with Gasteiger partial charge in [-0.25, -0.2) is 0 Å². The minimum absolute atomic E-state index is 0.0484. The molecule has 7 nitrogen and oxygen atoms in total. The highest BCUT2D eigenvalue weighted by molar-refractivity contribution is 6.11. The average molecular weight is 528 g/mol. The maximum absolute atomic E-state index is 14.6. The van der Waals surface area contributed by atoms with Crippen molar-refractivity contribution in [2.75, 3.05) is 0 Å². The fourth-order valence-corrected chi connectivity index (χ4v) is 8.99. The molecule has 7 rings (SSSR count). The molecular formula is C32H35N2O5-. The minimum atomic E-state index is -1.32. The van der Waals surface area contributed by atoms with Gasteiger partial charge in [0.1, 0.15) is 11.2 Å². The van der Waals surface area contributed by atoms with Gasteiger partial charge in [0.15, 0.2) is 5.76 Å². The van der Waals surface area contributed by atoms with Crippen LogP contribution in [0.15, 0.2) is 53.9 Å². The summed E-state index contributed by atoms with van der Waals surface area (Å²) in [7, 11) is 0. The summed E-state index contributed by atoms with van der Waals surface area (Å²) >= 11 is 0. The fourth-order valence-electron chi connectivity index (χ4n) is 8.99. The molecule has 1 spiro atoms. The highest BCUT2D eigenvalue weighted by Crippen LogP contribution is 2.66. The summed E-state index contributed by atoms with van der Waals surface area (Å²) in [5.74, 6) is -2.58. The summed E-state index contributed by atoms with van der Waals surface area (Å²) in [5.41, 5.74) is 0.878. The van der Waals surface area contributed by atoms with Crippen LogP contribution in [-0.4, -0.2) is 40.3 Å². The molecule has 10 atom stereocenters. The first kappa shape index (κ1) is 24.8. The Morgan fingerprint density at radius 2 is 1.95 bits per heavy atom. The number of epoxide rings is 1. The number of aliphatic hydroxyl groups is 1. The van der Waals surface area contributed by atoms with Crippen molar-refractivity contribution in [1.29, 1.82) is 0 Å². The lowest BCUT2D eigenvalue weighted by Crippen LogP contribution is -2.58. The SMILES string of the molecule is CC1=C(O)C(=O)C2CC(=O)C34C(=O)NC(Cc5c[n-]c6ccccc56)C3C(C)C3(C)OC3C4C=CCC(C)C12. The highest BCUT2D eigenvalue weighted by atomic mass is 16.6. The third-order valence-electron chi connectivity index (χ3n) is 11.1. The molecule has 2 N–H and O–H groups in total. The van der Waals surface area contributed by atoms with Crippen LogP contribution in [0.4, 0.5) is 0 Å². The normalized spacial score (nSPS) is 43.1. The van der Waals surface area contributed by atoms with E-state index < -0.39 is 22.9 Å². The van der Waals surface area contributed by atoms with Crippen molar-refractivity contribution in [3.63, 3.8) is 0 Å². The summed E-state index contributed by atoms with van der Waals surface area (Å²) in [4.78, 5) is 46.7. The van der Waals surface area contributed by atoms with Gasteiger partial charge in [0, 0.05) is 30.2 Å². The summed E-state index contributed by atoms with van der Waals surface area (Å²) in [6, 6.07) is 7.70. The number of para-hydroxylation sites is 1. The predicted octanol–water partition coefficient (Wildman–Crippen LogP) is 4.07. The van der Waals surface area contributed by atoms with Crippen molar-refractivity contribution < 1.29 is 24.2 Å². The van der Waals surface area contributed by atoms with E-state index >= 15 is 0 Å². The van der Waals surface area contributed by atoms with E-state index in [0.29, 0.717) is 18.4 Å². The fraction of sp³-hybridized carbons (Fsp3) is 0.531. The lowest BCUT2D eigenvalue weighted by molar-refractivity contribution is -0.150. The third kappa shape index (κ3) is 3.11. The molecule has 2 saturated heterocycles. The smallest absolute Gasteiger partial charge is 0.235 e. The van der Waals surface area contributed by atoms with E-state index in [2.05, 4.69) is 43.2 Å². The molecule has 1 saturated carbocycles. The van der Waals surface area contributed by atoms with Crippen molar-refractivity contribution >= 4 is 28.4 Å². The van der Waals surface area contributed by atoms with Crippen LogP contribution in [0.25, 0.3) is 10.9 Å². The number of benzene rings is 1. The van der Waals surface area contributed by atoms with E-state index in [1.54, 1.807) is 6.92 Å². The molecule has 5 aliphatic rings. The Labute approximate surface area is 228 Å². The van der Waals surface area contributed by atoms with Crippen LogP contribution in [0.1, 0.15) is 46.1 Å². The predicted molar refractivity (Wildman–Crippen MR) is 145 cm³/mol. The topological polar surface area (TPSA) is 110 Å². The first-order valence-electron chi connectivity index (χ1n) is 14.2. The molecule has 39 heavy (non-hydrogen) atoms. The monoisotopic (exact) mass is 527 g/mol. The number of hydrogen-bond donors (Lipinski definition) is 2. The number of Topliss-reactive ketones (excluding diaryl/α,β-unsaturated/α-hetero) is 2. The number of carbonyl (C=O) groups excluding carboxylic acids is 3. The standard InChI is InChI=1S/C32H35N2O5/c1-15-8-7-10-21-29-31(4,39-29)17(3)26-23(12-18-14-33-22-11-6-5-9-19(18)22)34-30(38)32(21,26)24(35)13-20-25(15)16(2)27(36)28(20)37/h5-7,9-11,14-15,17,20-21,23,25-26,29,36H,8,12-13H2,1-4H3,(H,34,38)/q-1. The Morgan fingerprint density at radius 1 is 1.18 bits per heavy atom. The molecule has 7 heteroatoms. The number of rotatable bonds is 2. The maximum atomic E-state index is 14.6. The van der Waals surface area contributed by atoms with Crippen molar-refractivity contribution in [3.8, 4) is 0 Å². The van der Waals surface area contributed by atoms with Gasteiger partial charge in [-0.1, -0.05) is 55.8 Å². The summed E-state index contributed by atoms with van der Waals surface area (Å²) in [5, 5.41) is 14.9. The zero-order valence-electron chi connectivity index (χ0n) is 22.8. The number of ketones is 2. The van der Waals surface area contributed by atoms with E-state index in [4.69, 9.17) is 4.74 Å². The first-order chi connectivity index (χ1) is 18.6. The van der Waals surface area contributed by atoms with Gasteiger partial charge >= 0.3 is 0 Å². The van der Waals surface area contributed by atoms with Gasteiger partial charge in [-0.3, -0.25) is 14.4 Å². The van der Waals surface area contributed by atoms with Crippen LogP contribution >= 0.6 is 0 Å². The van der Waals surface area contributed by atoms with E-state index in [0.717, 1.165) is 16.5 Å². The molecule has 0 bridgehead atoms. The molecule has 3 aliphatic carbocycles. The summed E-state index contributed by atoms with van der Waals surface area (Å²) < 4.78 is 6.35. The van der Waals surface area contributed by atoms with Crippen LogP contribution in [-0.2, 0) is 25.5 Å². The molecule has 1 aromatic carbocycles. The van der Waals surface area contributed by atoms with Gasteiger partial charge in [-0.05, 0) is 55.4 Å². The largest absolute Gasteiger partial charge is 0.663 e.